The van der Waals surface area contributed by atoms with Gasteiger partial charge in [-0.3, -0.25) is 5.41 Å². The van der Waals surface area contributed by atoms with Crippen molar-refractivity contribution in [3.63, 3.8) is 0 Å². The van der Waals surface area contributed by atoms with Gasteiger partial charge in [0.25, 0.3) is 0 Å². The zero-order valence-electron chi connectivity index (χ0n) is 3.38. The van der Waals surface area contributed by atoms with Crippen LogP contribution in [0.3, 0.4) is 0 Å². The zero-order chi connectivity index (χ0) is 5.15. The van der Waals surface area contributed by atoms with Crippen molar-refractivity contribution in [1.82, 2.24) is 0 Å². The van der Waals surface area contributed by atoms with Crippen molar-refractivity contribution in [2.75, 3.05) is 0 Å². The summed E-state index contributed by atoms with van der Waals surface area (Å²) in [4.78, 5) is 0. The average Bonchev–Trinajstić information content (AvgIpc) is 1.36. The molecule has 0 radical (unpaired) electrons. The molecule has 34 valence electrons. The van der Waals surface area contributed by atoms with Gasteiger partial charge in [-0.2, -0.15) is 0 Å². The van der Waals surface area contributed by atoms with Gasteiger partial charge in [-0.1, -0.05) is 11.6 Å². The van der Waals surface area contributed by atoms with Gasteiger partial charge in [0, 0.05) is 0 Å². The van der Waals surface area contributed by atoms with Crippen molar-refractivity contribution in [3.05, 3.63) is 0 Å². The fourth-order valence-corrected chi connectivity index (χ4v) is 0. The van der Waals surface area contributed by atoms with E-state index in [-0.39, 0.29) is 10.9 Å². The van der Waals surface area contributed by atoms with Gasteiger partial charge < -0.3 is 5.41 Å². The maximum absolute atomic E-state index is 6.59. The molecule has 0 atom stereocenters. The smallest absolute Gasteiger partial charge is 0.141 e. The van der Waals surface area contributed by atoms with Gasteiger partial charge in [0.1, 0.15) is 5.17 Å². The normalized spacial score (nSPS) is 7.67. The highest BCUT2D eigenvalue weighted by Gasteiger charge is 1.86. The molecule has 0 aliphatic carbocycles. The molecule has 3 heteroatoms. The zero-order valence-corrected chi connectivity index (χ0v) is 4.13. The lowest BCUT2D eigenvalue weighted by Gasteiger charge is -1.80. The molecule has 2 N–H and O–H groups in total. The molecule has 0 aromatic heterocycles. The summed E-state index contributed by atoms with van der Waals surface area (Å²) in [5.41, 5.74) is 0.108. The molecule has 0 unspecified atom stereocenters. The van der Waals surface area contributed by atoms with Crippen LogP contribution in [0, 0.1) is 10.8 Å². The topological polar surface area (TPSA) is 47.7 Å². The second-order valence-corrected chi connectivity index (χ2v) is 1.32. The van der Waals surface area contributed by atoms with Crippen LogP contribution in [0.5, 0.6) is 0 Å². The first kappa shape index (κ1) is 5.63. The van der Waals surface area contributed by atoms with E-state index in [1.807, 2.05) is 0 Å². The fraction of sp³-hybridized carbons (Fsp3) is 0.333. The maximum Gasteiger partial charge on any atom is 0.141 e. The molecule has 6 heavy (non-hydrogen) atoms. The number of hydrogen-bond acceptors (Lipinski definition) is 2. The van der Waals surface area contributed by atoms with Crippen molar-refractivity contribution in [1.29, 1.82) is 10.8 Å². The van der Waals surface area contributed by atoms with Crippen molar-refractivity contribution < 1.29 is 0 Å². The molecule has 0 aliphatic rings. The van der Waals surface area contributed by atoms with Gasteiger partial charge in [0.05, 0.1) is 5.71 Å². The summed E-state index contributed by atoms with van der Waals surface area (Å²) in [5, 5.41) is 12.9. The Morgan fingerprint density at radius 3 is 1.67 bits per heavy atom. The SMILES string of the molecule is CC(=N)C(=N)Cl. The molecule has 0 spiro atoms. The number of halogens is 1. The third-order valence-corrected chi connectivity index (χ3v) is 0.613. The maximum atomic E-state index is 6.59. The predicted octanol–water partition coefficient (Wildman–Crippen LogP) is 1.24. The van der Waals surface area contributed by atoms with Crippen LogP contribution in [0.25, 0.3) is 0 Å². The Kier molecular flexibility index (Phi) is 1.81. The molecule has 0 bridgehead atoms. The molecule has 0 rings (SSSR count). The largest absolute Gasteiger partial charge is 0.302 e. The summed E-state index contributed by atoms with van der Waals surface area (Å²) >= 11 is 4.97. The molecular formula is C3H5ClN2. The van der Waals surface area contributed by atoms with Gasteiger partial charge in [-0.15, -0.1) is 0 Å². The average molecular weight is 105 g/mol. The van der Waals surface area contributed by atoms with Crippen molar-refractivity contribution in [3.8, 4) is 0 Å². The number of nitrogens with one attached hydrogen (secondary N) is 2. The molecular weight excluding hydrogens is 99.5 g/mol. The van der Waals surface area contributed by atoms with E-state index in [9.17, 15) is 0 Å². The molecule has 0 saturated carbocycles. The van der Waals surface area contributed by atoms with Gasteiger partial charge >= 0.3 is 0 Å². The number of hydrogen-bond donors (Lipinski definition) is 2. The highest BCUT2D eigenvalue weighted by Crippen LogP contribution is 1.79. The molecule has 0 amide bonds. The van der Waals surface area contributed by atoms with Gasteiger partial charge in [-0.25, -0.2) is 0 Å². The Labute approximate surface area is 41.1 Å². The third kappa shape index (κ3) is 1.91. The van der Waals surface area contributed by atoms with Gasteiger partial charge in [0.15, 0.2) is 0 Å². The molecule has 0 heterocycles. The first-order valence-corrected chi connectivity index (χ1v) is 1.82. The lowest BCUT2D eigenvalue weighted by atomic mass is 10.5. The Hall–Kier alpha value is -0.370. The minimum absolute atomic E-state index is 0.108. The molecule has 0 fully saturated rings. The number of rotatable bonds is 1. The Morgan fingerprint density at radius 2 is 1.67 bits per heavy atom. The first-order chi connectivity index (χ1) is 2.64. The summed E-state index contributed by atoms with van der Waals surface area (Å²) in [7, 11) is 0. The van der Waals surface area contributed by atoms with Crippen molar-refractivity contribution in [2.45, 2.75) is 6.92 Å². The van der Waals surface area contributed by atoms with E-state index in [0.717, 1.165) is 0 Å². The standard InChI is InChI=1S/C3H5ClN2/c1-2(5)3(4)6/h5-6H,1H3. The monoisotopic (exact) mass is 104 g/mol. The Morgan fingerprint density at radius 1 is 1.50 bits per heavy atom. The van der Waals surface area contributed by atoms with Crippen LogP contribution >= 0.6 is 11.6 Å². The van der Waals surface area contributed by atoms with E-state index >= 15 is 0 Å². The highest BCUT2D eigenvalue weighted by molar-refractivity contribution is 6.82. The third-order valence-electron chi connectivity index (χ3n) is 0.329. The van der Waals surface area contributed by atoms with Crippen LogP contribution in [0.2, 0.25) is 0 Å². The Bertz CT molecular complexity index is 74.8. The summed E-state index contributed by atoms with van der Waals surface area (Å²) in [6, 6.07) is 0. The summed E-state index contributed by atoms with van der Waals surface area (Å²) < 4.78 is 0. The molecule has 0 aromatic rings. The lowest BCUT2D eigenvalue weighted by Crippen LogP contribution is -1.95. The summed E-state index contributed by atoms with van der Waals surface area (Å²) in [6.07, 6.45) is 0. The van der Waals surface area contributed by atoms with E-state index in [2.05, 4.69) is 0 Å². The molecule has 2 nitrogen and oxygen atoms in total. The first-order valence-electron chi connectivity index (χ1n) is 1.44. The highest BCUT2D eigenvalue weighted by atomic mass is 35.5. The van der Waals surface area contributed by atoms with Crippen LogP contribution in [-0.2, 0) is 0 Å². The minimum Gasteiger partial charge on any atom is -0.302 e. The molecule has 0 aliphatic heterocycles. The van der Waals surface area contributed by atoms with Crippen LogP contribution in [-0.4, -0.2) is 10.9 Å². The van der Waals surface area contributed by atoms with Crippen LogP contribution in [0.15, 0.2) is 0 Å². The van der Waals surface area contributed by atoms with Crippen molar-refractivity contribution >= 4 is 22.5 Å². The molecule has 0 saturated heterocycles. The Balaban J connectivity index is 3.57. The second kappa shape index (κ2) is 1.92. The lowest BCUT2D eigenvalue weighted by molar-refractivity contribution is 1.49. The van der Waals surface area contributed by atoms with Gasteiger partial charge in [-0.05, 0) is 6.92 Å². The minimum atomic E-state index is -0.185. The van der Waals surface area contributed by atoms with Crippen LogP contribution in [0.4, 0.5) is 0 Å². The quantitative estimate of drug-likeness (QED) is 0.471. The molecule has 0 aromatic carbocycles. The van der Waals surface area contributed by atoms with E-state index < -0.39 is 0 Å². The van der Waals surface area contributed by atoms with E-state index in [4.69, 9.17) is 22.4 Å². The van der Waals surface area contributed by atoms with Crippen LogP contribution in [0.1, 0.15) is 6.92 Å². The van der Waals surface area contributed by atoms with Gasteiger partial charge in [0.2, 0.25) is 0 Å². The van der Waals surface area contributed by atoms with Crippen molar-refractivity contribution in [2.24, 2.45) is 0 Å². The summed E-state index contributed by atoms with van der Waals surface area (Å²) in [6.45, 7) is 1.47. The van der Waals surface area contributed by atoms with Crippen LogP contribution < -0.4 is 0 Å². The predicted molar refractivity (Wildman–Crippen MR) is 27.0 cm³/mol. The summed E-state index contributed by atoms with van der Waals surface area (Å²) in [5.74, 6) is 0. The van der Waals surface area contributed by atoms with E-state index in [1.165, 1.54) is 6.92 Å². The van der Waals surface area contributed by atoms with E-state index in [0.29, 0.717) is 0 Å². The fourth-order valence-electron chi connectivity index (χ4n) is 0. The van der Waals surface area contributed by atoms with E-state index in [1.54, 1.807) is 0 Å². The second-order valence-electron chi connectivity index (χ2n) is 0.939.